The molecule has 0 spiro atoms. The van der Waals surface area contributed by atoms with Crippen LogP contribution in [0.25, 0.3) is 11.1 Å². The molecule has 6 heteroatoms. The summed E-state index contributed by atoms with van der Waals surface area (Å²) in [6.07, 6.45) is 7.05. The highest BCUT2D eigenvalue weighted by atomic mass is 16.2. The van der Waals surface area contributed by atoms with Gasteiger partial charge < -0.3 is 4.90 Å². The first-order chi connectivity index (χ1) is 17.5. The van der Waals surface area contributed by atoms with Gasteiger partial charge >= 0.3 is 0 Å². The normalized spacial score (nSPS) is 25.7. The fourth-order valence-corrected chi connectivity index (χ4v) is 6.52. The highest BCUT2D eigenvalue weighted by Gasteiger charge is 2.57. The molecule has 1 unspecified atom stereocenters. The Morgan fingerprint density at radius 2 is 1.42 bits per heavy atom. The zero-order valence-corrected chi connectivity index (χ0v) is 20.9. The van der Waals surface area contributed by atoms with E-state index in [1.165, 1.54) is 30.6 Å². The lowest BCUT2D eigenvalue weighted by atomic mass is 9.75. The van der Waals surface area contributed by atoms with Crippen LogP contribution in [0, 0.1) is 0 Å². The van der Waals surface area contributed by atoms with Crippen LogP contribution >= 0.6 is 0 Å². The van der Waals surface area contributed by atoms with Gasteiger partial charge in [-0.2, -0.15) is 0 Å². The zero-order chi connectivity index (χ0) is 24.7. The van der Waals surface area contributed by atoms with E-state index < -0.39 is 5.41 Å². The molecule has 0 bridgehead atoms. The van der Waals surface area contributed by atoms with Gasteiger partial charge in [-0.1, -0.05) is 67.4 Å². The van der Waals surface area contributed by atoms with Gasteiger partial charge in [-0.3, -0.25) is 24.2 Å². The molecule has 0 aromatic heterocycles. The molecular weight excluding hydrogens is 450 g/mol. The average molecular weight is 486 g/mol. The van der Waals surface area contributed by atoms with Crippen LogP contribution in [0.1, 0.15) is 56.9 Å². The lowest BCUT2D eigenvalue weighted by Crippen LogP contribution is -2.53. The average Bonchev–Trinajstić information content (AvgIpc) is 3.51. The van der Waals surface area contributed by atoms with E-state index in [4.69, 9.17) is 0 Å². The number of benzene rings is 2. The Bertz CT molecular complexity index is 1130. The second-order valence-electron chi connectivity index (χ2n) is 11.0. The molecule has 6 nitrogen and oxygen atoms in total. The first-order valence-electron chi connectivity index (χ1n) is 13.6. The van der Waals surface area contributed by atoms with Gasteiger partial charge in [-0.15, -0.1) is 0 Å². The molecule has 2 aromatic rings. The second kappa shape index (κ2) is 9.47. The van der Waals surface area contributed by atoms with Crippen molar-refractivity contribution in [2.75, 3.05) is 26.2 Å². The minimum Gasteiger partial charge on any atom is -0.340 e. The molecule has 3 amide bonds. The molecule has 2 heterocycles. The van der Waals surface area contributed by atoms with Crippen LogP contribution in [0.3, 0.4) is 0 Å². The van der Waals surface area contributed by atoms with Crippen molar-refractivity contribution in [2.45, 2.75) is 68.9 Å². The monoisotopic (exact) mass is 485 g/mol. The smallest absolute Gasteiger partial charge is 0.241 e. The molecule has 6 rings (SSSR count). The Balaban J connectivity index is 1.24. The molecule has 2 aliphatic heterocycles. The van der Waals surface area contributed by atoms with Gasteiger partial charge in [0.25, 0.3) is 0 Å². The Morgan fingerprint density at radius 3 is 2.06 bits per heavy atom. The third kappa shape index (κ3) is 4.26. The molecule has 0 radical (unpaired) electrons. The predicted molar refractivity (Wildman–Crippen MR) is 138 cm³/mol. The van der Waals surface area contributed by atoms with E-state index in [9.17, 15) is 14.4 Å². The van der Waals surface area contributed by atoms with Crippen LogP contribution in [-0.4, -0.2) is 70.7 Å². The highest BCUT2D eigenvalue weighted by molar-refractivity contribution is 6.11. The summed E-state index contributed by atoms with van der Waals surface area (Å²) < 4.78 is 0. The lowest BCUT2D eigenvalue weighted by Gasteiger charge is -2.39. The first-order valence-corrected chi connectivity index (χ1v) is 13.6. The second-order valence-corrected chi connectivity index (χ2v) is 11.0. The van der Waals surface area contributed by atoms with Gasteiger partial charge in [-0.25, -0.2) is 0 Å². The van der Waals surface area contributed by atoms with Crippen LogP contribution in [0.15, 0.2) is 54.6 Å². The van der Waals surface area contributed by atoms with Crippen molar-refractivity contribution in [1.82, 2.24) is 14.7 Å². The summed E-state index contributed by atoms with van der Waals surface area (Å²) in [5, 5.41) is 0. The lowest BCUT2D eigenvalue weighted by molar-refractivity contribution is -0.143. The van der Waals surface area contributed by atoms with Gasteiger partial charge in [0.2, 0.25) is 17.7 Å². The summed E-state index contributed by atoms with van der Waals surface area (Å²) in [6.45, 7) is 3.20. The molecule has 4 aliphatic rings. The van der Waals surface area contributed by atoms with Crippen LogP contribution < -0.4 is 0 Å². The summed E-state index contributed by atoms with van der Waals surface area (Å²) in [6, 6.07) is 18.7. The molecule has 1 atom stereocenters. The molecule has 2 aromatic carbocycles. The van der Waals surface area contributed by atoms with Gasteiger partial charge in [-0.05, 0) is 42.4 Å². The van der Waals surface area contributed by atoms with Crippen molar-refractivity contribution in [2.24, 2.45) is 0 Å². The van der Waals surface area contributed by atoms with Crippen LogP contribution in [0.5, 0.6) is 0 Å². The minimum atomic E-state index is -1.10. The van der Waals surface area contributed by atoms with Crippen LogP contribution in [0.2, 0.25) is 0 Å². The molecule has 2 saturated carbocycles. The standard InChI is InChI=1S/C30H35N3O3/c34-27(32-18-16-31(17-19-32)25-8-4-5-9-25)20-30(21-28(35)33(29(30)36)26-14-15-26)24-12-10-23(11-13-24)22-6-2-1-3-7-22/h1-3,6-7,10-13,25-26H,4-5,8-9,14-21H2. The summed E-state index contributed by atoms with van der Waals surface area (Å²) in [5.74, 6) is -0.319. The summed E-state index contributed by atoms with van der Waals surface area (Å²) in [4.78, 5) is 46.5. The van der Waals surface area contributed by atoms with Gasteiger partial charge in [0, 0.05) is 51.1 Å². The number of piperazine rings is 1. The minimum absolute atomic E-state index is 0.00740. The Labute approximate surface area is 213 Å². The SMILES string of the molecule is O=C(CC1(c2ccc(-c3ccccc3)cc2)CC(=O)N(C2CC2)C1=O)N1CCN(C2CCCC2)CC1. The molecular formula is C30H35N3O3. The number of nitrogens with zero attached hydrogens (tertiary/aromatic N) is 3. The van der Waals surface area contributed by atoms with E-state index in [1.54, 1.807) is 0 Å². The van der Waals surface area contributed by atoms with Crippen LogP contribution in [-0.2, 0) is 19.8 Å². The maximum atomic E-state index is 13.8. The molecule has 36 heavy (non-hydrogen) atoms. The van der Waals surface area contributed by atoms with Gasteiger partial charge in [0.15, 0.2) is 0 Å². The molecule has 2 saturated heterocycles. The van der Waals surface area contributed by atoms with Crippen molar-refractivity contribution in [3.05, 3.63) is 60.2 Å². The molecule has 188 valence electrons. The molecule has 0 N–H and O–H groups in total. The number of imide groups is 1. The highest BCUT2D eigenvalue weighted by Crippen LogP contribution is 2.45. The van der Waals surface area contributed by atoms with E-state index >= 15 is 0 Å². The van der Waals surface area contributed by atoms with Crippen molar-refractivity contribution in [3.8, 4) is 11.1 Å². The van der Waals surface area contributed by atoms with E-state index in [1.807, 2.05) is 47.4 Å². The quantitative estimate of drug-likeness (QED) is 0.581. The number of hydrogen-bond acceptors (Lipinski definition) is 4. The summed E-state index contributed by atoms with van der Waals surface area (Å²) in [5.41, 5.74) is 1.83. The third-order valence-corrected chi connectivity index (χ3v) is 8.77. The van der Waals surface area contributed by atoms with Gasteiger partial charge in [0.1, 0.15) is 0 Å². The number of hydrogen-bond donors (Lipinski definition) is 0. The zero-order valence-electron chi connectivity index (χ0n) is 20.9. The first kappa shape index (κ1) is 23.4. The van der Waals surface area contributed by atoms with Gasteiger partial charge in [0.05, 0.1) is 5.41 Å². The molecule has 4 fully saturated rings. The summed E-state index contributed by atoms with van der Waals surface area (Å²) in [7, 11) is 0. The van der Waals surface area contributed by atoms with Crippen LogP contribution in [0.4, 0.5) is 0 Å². The van der Waals surface area contributed by atoms with Crippen molar-refractivity contribution in [1.29, 1.82) is 0 Å². The Kier molecular flexibility index (Phi) is 6.16. The van der Waals surface area contributed by atoms with E-state index in [0.29, 0.717) is 19.1 Å². The van der Waals surface area contributed by atoms with E-state index in [-0.39, 0.29) is 36.6 Å². The maximum Gasteiger partial charge on any atom is 0.241 e. The largest absolute Gasteiger partial charge is 0.340 e. The maximum absolute atomic E-state index is 13.8. The fourth-order valence-electron chi connectivity index (χ4n) is 6.52. The number of carbonyl (C=O) groups excluding carboxylic acids is 3. The summed E-state index contributed by atoms with van der Waals surface area (Å²) >= 11 is 0. The number of carbonyl (C=O) groups is 3. The fraction of sp³-hybridized carbons (Fsp3) is 0.500. The number of amides is 3. The van der Waals surface area contributed by atoms with E-state index in [2.05, 4.69) is 17.0 Å². The number of likely N-dealkylation sites (tertiary alicyclic amines) is 1. The van der Waals surface area contributed by atoms with Crippen molar-refractivity contribution >= 4 is 17.7 Å². The van der Waals surface area contributed by atoms with Crippen molar-refractivity contribution in [3.63, 3.8) is 0 Å². The van der Waals surface area contributed by atoms with E-state index in [0.717, 1.165) is 42.6 Å². The Morgan fingerprint density at radius 1 is 0.778 bits per heavy atom. The van der Waals surface area contributed by atoms with Crippen molar-refractivity contribution < 1.29 is 14.4 Å². The number of rotatable bonds is 6. The topological polar surface area (TPSA) is 60.9 Å². The molecule has 2 aliphatic carbocycles. The predicted octanol–water partition coefficient (Wildman–Crippen LogP) is 3.99. The third-order valence-electron chi connectivity index (χ3n) is 8.77. The Hall–Kier alpha value is -2.99.